The molecule has 0 bridgehead atoms. The molecule has 7 nitrogen and oxygen atoms in total. The number of hydrogen-bond acceptors (Lipinski definition) is 7. The summed E-state index contributed by atoms with van der Waals surface area (Å²) < 4.78 is 7.65. The van der Waals surface area contributed by atoms with Gasteiger partial charge < -0.3 is 4.52 Å². The summed E-state index contributed by atoms with van der Waals surface area (Å²) in [6, 6.07) is 18.4. The van der Waals surface area contributed by atoms with Crippen LogP contribution in [0.4, 0.5) is 0 Å². The molecule has 8 heteroatoms. The summed E-state index contributed by atoms with van der Waals surface area (Å²) in [6.45, 7) is 5.10. The third kappa shape index (κ3) is 4.76. The number of aryl methyl sites for hydroxylation is 1. The third-order valence-corrected chi connectivity index (χ3v) is 6.54. The zero-order chi connectivity index (χ0) is 21.8. The molecule has 1 aliphatic rings. The zero-order valence-corrected chi connectivity index (χ0v) is 19.0. The van der Waals surface area contributed by atoms with E-state index >= 15 is 0 Å². The molecule has 0 spiro atoms. The molecule has 0 saturated carbocycles. The van der Waals surface area contributed by atoms with Crippen molar-refractivity contribution in [2.75, 3.05) is 13.1 Å². The highest BCUT2D eigenvalue weighted by Gasteiger charge is 2.19. The van der Waals surface area contributed by atoms with Gasteiger partial charge in [-0.2, -0.15) is 4.98 Å². The highest BCUT2D eigenvalue weighted by atomic mass is 32.2. The SMILES string of the molecule is Cc1ccc(-c2noc(CSc3nnc(CN4CCCCC4)n3-c3ccccc3)n2)cc1. The standard InChI is InChI=1S/C24H26N6OS/c1-18-10-12-19(13-11-18)23-25-22(31-28-23)17-32-24-27-26-21(16-29-14-6-3-7-15-29)30(24)20-8-4-2-5-9-20/h2,4-5,8-13H,3,6-7,14-17H2,1H3. The third-order valence-electron chi connectivity index (χ3n) is 5.63. The van der Waals surface area contributed by atoms with Crippen molar-refractivity contribution in [1.29, 1.82) is 0 Å². The van der Waals surface area contributed by atoms with Gasteiger partial charge in [-0.1, -0.05) is 71.4 Å². The number of nitrogens with zero attached hydrogens (tertiary/aromatic N) is 6. The molecule has 1 fully saturated rings. The van der Waals surface area contributed by atoms with Crippen molar-refractivity contribution in [1.82, 2.24) is 29.8 Å². The average Bonchev–Trinajstić information content (AvgIpc) is 3.47. The van der Waals surface area contributed by atoms with Crippen molar-refractivity contribution in [2.45, 2.75) is 43.6 Å². The molecule has 1 aliphatic heterocycles. The van der Waals surface area contributed by atoms with Crippen LogP contribution < -0.4 is 0 Å². The van der Waals surface area contributed by atoms with Crippen LogP contribution in [0.1, 0.15) is 36.5 Å². The molecular formula is C24H26N6OS. The fourth-order valence-corrected chi connectivity index (χ4v) is 4.72. The molecule has 0 amide bonds. The Bertz CT molecular complexity index is 1150. The number of benzene rings is 2. The van der Waals surface area contributed by atoms with Gasteiger partial charge in [-0.3, -0.25) is 9.47 Å². The van der Waals surface area contributed by atoms with Crippen LogP contribution in [0, 0.1) is 6.92 Å². The van der Waals surface area contributed by atoms with E-state index < -0.39 is 0 Å². The fourth-order valence-electron chi connectivity index (χ4n) is 3.91. The Labute approximate surface area is 191 Å². The number of thioether (sulfide) groups is 1. The van der Waals surface area contributed by atoms with Gasteiger partial charge in [0, 0.05) is 11.3 Å². The Balaban J connectivity index is 1.35. The Kier molecular flexibility index (Phi) is 6.31. The van der Waals surface area contributed by atoms with E-state index in [1.807, 2.05) is 42.5 Å². The molecule has 164 valence electrons. The van der Waals surface area contributed by atoms with Crippen LogP contribution in [0.3, 0.4) is 0 Å². The summed E-state index contributed by atoms with van der Waals surface area (Å²) in [7, 11) is 0. The number of aromatic nitrogens is 5. The zero-order valence-electron chi connectivity index (χ0n) is 18.1. The predicted molar refractivity (Wildman–Crippen MR) is 125 cm³/mol. The van der Waals surface area contributed by atoms with E-state index in [9.17, 15) is 0 Å². The highest BCUT2D eigenvalue weighted by Crippen LogP contribution is 2.27. The molecule has 2 aromatic carbocycles. The van der Waals surface area contributed by atoms with Crippen molar-refractivity contribution >= 4 is 11.8 Å². The summed E-state index contributed by atoms with van der Waals surface area (Å²) >= 11 is 1.56. The van der Waals surface area contributed by atoms with E-state index in [1.165, 1.54) is 24.8 Å². The number of likely N-dealkylation sites (tertiary alicyclic amines) is 1. The van der Waals surface area contributed by atoms with E-state index in [1.54, 1.807) is 11.8 Å². The van der Waals surface area contributed by atoms with Crippen LogP contribution in [0.5, 0.6) is 0 Å². The van der Waals surface area contributed by atoms with Crippen molar-refractivity contribution in [2.24, 2.45) is 0 Å². The van der Waals surface area contributed by atoms with Gasteiger partial charge in [0.1, 0.15) is 0 Å². The lowest BCUT2D eigenvalue weighted by Crippen LogP contribution is -2.30. The summed E-state index contributed by atoms with van der Waals surface area (Å²) in [5.74, 6) is 2.68. The molecule has 5 rings (SSSR count). The van der Waals surface area contributed by atoms with Gasteiger partial charge >= 0.3 is 0 Å². The van der Waals surface area contributed by atoms with Gasteiger partial charge in [0.2, 0.25) is 11.7 Å². The molecular weight excluding hydrogens is 420 g/mol. The van der Waals surface area contributed by atoms with Gasteiger partial charge in [0.15, 0.2) is 11.0 Å². The largest absolute Gasteiger partial charge is 0.338 e. The van der Waals surface area contributed by atoms with Gasteiger partial charge in [0.25, 0.3) is 0 Å². The lowest BCUT2D eigenvalue weighted by Gasteiger charge is -2.26. The lowest BCUT2D eigenvalue weighted by atomic mass is 10.1. The van der Waals surface area contributed by atoms with Crippen LogP contribution in [0.25, 0.3) is 17.1 Å². The topological polar surface area (TPSA) is 72.9 Å². The van der Waals surface area contributed by atoms with Crippen LogP contribution in [-0.4, -0.2) is 42.9 Å². The van der Waals surface area contributed by atoms with E-state index in [-0.39, 0.29) is 0 Å². The van der Waals surface area contributed by atoms with Crippen molar-refractivity contribution in [3.63, 3.8) is 0 Å². The summed E-state index contributed by atoms with van der Waals surface area (Å²) in [6.07, 6.45) is 3.82. The average molecular weight is 447 g/mol. The van der Waals surface area contributed by atoms with E-state index in [0.717, 1.165) is 41.9 Å². The number of piperidine rings is 1. The van der Waals surface area contributed by atoms with E-state index in [4.69, 9.17) is 4.52 Å². The molecule has 3 heterocycles. The quantitative estimate of drug-likeness (QED) is 0.374. The number of rotatable bonds is 7. The summed E-state index contributed by atoms with van der Waals surface area (Å²) in [4.78, 5) is 7.03. The molecule has 0 aliphatic carbocycles. The van der Waals surface area contributed by atoms with Gasteiger partial charge in [0.05, 0.1) is 12.3 Å². The Morgan fingerprint density at radius 3 is 2.50 bits per heavy atom. The molecule has 2 aromatic heterocycles. The minimum absolute atomic E-state index is 0.535. The molecule has 0 N–H and O–H groups in total. The molecule has 1 saturated heterocycles. The highest BCUT2D eigenvalue weighted by molar-refractivity contribution is 7.98. The first-order chi connectivity index (χ1) is 15.8. The number of para-hydroxylation sites is 1. The Morgan fingerprint density at radius 1 is 0.938 bits per heavy atom. The van der Waals surface area contributed by atoms with Gasteiger partial charge in [-0.05, 0) is 45.0 Å². The molecule has 4 aromatic rings. The molecule has 0 atom stereocenters. The summed E-state index contributed by atoms with van der Waals surface area (Å²) in [5, 5.41) is 14.0. The van der Waals surface area contributed by atoms with Gasteiger partial charge in [-0.15, -0.1) is 10.2 Å². The van der Waals surface area contributed by atoms with Crippen LogP contribution in [-0.2, 0) is 12.3 Å². The second kappa shape index (κ2) is 9.67. The van der Waals surface area contributed by atoms with Gasteiger partial charge in [-0.25, -0.2) is 0 Å². The predicted octanol–water partition coefficient (Wildman–Crippen LogP) is 4.90. The van der Waals surface area contributed by atoms with Crippen LogP contribution in [0.15, 0.2) is 64.3 Å². The second-order valence-corrected chi connectivity index (χ2v) is 9.02. The normalized spacial score (nSPS) is 14.7. The Morgan fingerprint density at radius 2 is 1.72 bits per heavy atom. The van der Waals surface area contributed by atoms with Crippen LogP contribution in [0.2, 0.25) is 0 Å². The molecule has 0 radical (unpaired) electrons. The minimum atomic E-state index is 0.535. The maximum Gasteiger partial charge on any atom is 0.237 e. The monoisotopic (exact) mass is 446 g/mol. The molecule has 32 heavy (non-hydrogen) atoms. The maximum atomic E-state index is 5.50. The van der Waals surface area contributed by atoms with E-state index in [0.29, 0.717) is 17.5 Å². The fraction of sp³-hybridized carbons (Fsp3) is 0.333. The first-order valence-electron chi connectivity index (χ1n) is 11.0. The first kappa shape index (κ1) is 20.9. The minimum Gasteiger partial charge on any atom is -0.338 e. The van der Waals surface area contributed by atoms with Crippen LogP contribution >= 0.6 is 11.8 Å². The lowest BCUT2D eigenvalue weighted by molar-refractivity contribution is 0.214. The smallest absolute Gasteiger partial charge is 0.237 e. The van der Waals surface area contributed by atoms with Crippen molar-refractivity contribution < 1.29 is 4.52 Å². The first-order valence-corrected chi connectivity index (χ1v) is 12.0. The summed E-state index contributed by atoms with van der Waals surface area (Å²) in [5.41, 5.74) is 3.22. The van der Waals surface area contributed by atoms with E-state index in [2.05, 4.69) is 48.9 Å². The molecule has 0 unspecified atom stereocenters. The Hall–Kier alpha value is -2.97. The van der Waals surface area contributed by atoms with Crippen molar-refractivity contribution in [3.05, 3.63) is 71.9 Å². The maximum absolute atomic E-state index is 5.50. The van der Waals surface area contributed by atoms with Crippen molar-refractivity contribution in [3.8, 4) is 17.1 Å². The second-order valence-electron chi connectivity index (χ2n) is 8.07. The number of hydrogen-bond donors (Lipinski definition) is 0.